The molecule has 4 rings (SSSR count). The van der Waals surface area contributed by atoms with Gasteiger partial charge in [-0.3, -0.25) is 4.79 Å². The molecule has 1 heterocycles. The molecule has 15 heteroatoms. The van der Waals surface area contributed by atoms with Gasteiger partial charge < -0.3 is 34.1 Å². The minimum atomic E-state index is -4.13. The van der Waals surface area contributed by atoms with Gasteiger partial charge in [-0.2, -0.15) is 4.31 Å². The van der Waals surface area contributed by atoms with Gasteiger partial charge in [0.1, 0.15) is 30.2 Å². The van der Waals surface area contributed by atoms with E-state index < -0.39 is 34.0 Å². The summed E-state index contributed by atoms with van der Waals surface area (Å²) in [5, 5.41) is 12.8. The van der Waals surface area contributed by atoms with Crippen LogP contribution in [0.5, 0.6) is 11.5 Å². The van der Waals surface area contributed by atoms with Crippen molar-refractivity contribution in [3.05, 3.63) is 75.8 Å². The number of halogens is 2. The van der Waals surface area contributed by atoms with Crippen LogP contribution >= 0.6 is 23.2 Å². The standard InChI is InChI=1S/C36H40Cl2N2O10S/c1-4-12-48-13-14-49-15-16-50-23-25-18-32(46-2)34(33(19-25)47-3)26-9-7-24(8-10-26)17-30(36(42)43)39-35(41)31-6-5-11-40(31)51(44,45)29-21-27(37)20-28(38)22-29/h1,7-10,18-22,30-31H,5-6,11-17,23H2,2-3H3,(H,39,41)(H,42,43)/t30-,31-/m0/s1. The number of methoxy groups -OCH3 is 2. The predicted molar refractivity (Wildman–Crippen MR) is 192 cm³/mol. The van der Waals surface area contributed by atoms with Gasteiger partial charge in [0.2, 0.25) is 15.9 Å². The highest BCUT2D eigenvalue weighted by Crippen LogP contribution is 2.40. The number of carboxylic acids is 1. The second kappa shape index (κ2) is 19.1. The molecule has 0 spiro atoms. The van der Waals surface area contributed by atoms with E-state index in [-0.39, 0.29) is 40.9 Å². The van der Waals surface area contributed by atoms with E-state index in [1.165, 1.54) is 18.2 Å². The van der Waals surface area contributed by atoms with Crippen LogP contribution in [0, 0.1) is 12.3 Å². The number of benzene rings is 3. The molecule has 0 radical (unpaired) electrons. The fourth-order valence-electron chi connectivity index (χ4n) is 5.61. The summed E-state index contributed by atoms with van der Waals surface area (Å²) < 4.78 is 55.6. The summed E-state index contributed by atoms with van der Waals surface area (Å²) >= 11 is 12.1. The Morgan fingerprint density at radius 2 is 1.55 bits per heavy atom. The van der Waals surface area contributed by atoms with Crippen molar-refractivity contribution in [3.8, 4) is 35.0 Å². The van der Waals surface area contributed by atoms with Crippen molar-refractivity contribution in [2.75, 3.05) is 53.8 Å². The fourth-order valence-corrected chi connectivity index (χ4v) is 7.99. The Morgan fingerprint density at radius 3 is 2.14 bits per heavy atom. The van der Waals surface area contributed by atoms with Crippen molar-refractivity contribution in [1.29, 1.82) is 0 Å². The number of aliphatic carboxylic acids is 1. The molecule has 0 bridgehead atoms. The molecule has 1 fully saturated rings. The topological polar surface area (TPSA) is 150 Å². The number of sulfonamides is 1. The summed E-state index contributed by atoms with van der Waals surface area (Å²) in [6.07, 6.45) is 5.74. The zero-order valence-corrected chi connectivity index (χ0v) is 30.6. The van der Waals surface area contributed by atoms with Crippen LogP contribution in [0.15, 0.2) is 59.5 Å². The van der Waals surface area contributed by atoms with Crippen molar-refractivity contribution in [2.24, 2.45) is 0 Å². The molecule has 3 aromatic carbocycles. The van der Waals surface area contributed by atoms with Crippen LogP contribution in [-0.2, 0) is 46.9 Å². The smallest absolute Gasteiger partial charge is 0.326 e. The Bertz CT molecular complexity index is 1770. The Morgan fingerprint density at radius 1 is 0.941 bits per heavy atom. The molecule has 12 nitrogen and oxygen atoms in total. The van der Waals surface area contributed by atoms with Gasteiger partial charge >= 0.3 is 5.97 Å². The van der Waals surface area contributed by atoms with E-state index in [0.29, 0.717) is 62.1 Å². The molecule has 0 unspecified atom stereocenters. The average molecular weight is 764 g/mol. The number of carbonyl (C=O) groups is 2. The number of terminal acetylenes is 1. The van der Waals surface area contributed by atoms with Crippen LogP contribution in [0.25, 0.3) is 11.1 Å². The maximum atomic E-state index is 13.4. The molecule has 274 valence electrons. The van der Waals surface area contributed by atoms with Gasteiger partial charge in [0, 0.05) is 23.0 Å². The maximum Gasteiger partial charge on any atom is 0.326 e. The molecule has 0 aromatic heterocycles. The lowest BCUT2D eigenvalue weighted by molar-refractivity contribution is -0.142. The second-order valence-electron chi connectivity index (χ2n) is 11.5. The lowest BCUT2D eigenvalue weighted by Gasteiger charge is -2.25. The Labute approximate surface area is 307 Å². The first-order valence-electron chi connectivity index (χ1n) is 16.0. The molecule has 0 saturated carbocycles. The van der Waals surface area contributed by atoms with E-state index in [2.05, 4.69) is 11.2 Å². The number of hydrogen-bond donors (Lipinski definition) is 2. The molecule has 1 amide bonds. The monoisotopic (exact) mass is 762 g/mol. The second-order valence-corrected chi connectivity index (χ2v) is 14.2. The summed E-state index contributed by atoms with van der Waals surface area (Å²) in [7, 11) is -1.04. The van der Waals surface area contributed by atoms with Crippen LogP contribution < -0.4 is 14.8 Å². The highest BCUT2D eigenvalue weighted by atomic mass is 35.5. The van der Waals surface area contributed by atoms with E-state index in [1.54, 1.807) is 38.5 Å². The molecule has 0 aliphatic carbocycles. The molecule has 3 aromatic rings. The van der Waals surface area contributed by atoms with E-state index >= 15 is 0 Å². The fraction of sp³-hybridized carbons (Fsp3) is 0.389. The van der Waals surface area contributed by atoms with Crippen LogP contribution in [0.1, 0.15) is 24.0 Å². The first-order chi connectivity index (χ1) is 24.5. The molecule has 51 heavy (non-hydrogen) atoms. The third-order valence-corrected chi connectivity index (χ3v) is 10.3. The molecular weight excluding hydrogens is 723 g/mol. The number of nitrogens with one attached hydrogen (secondary N) is 1. The van der Waals surface area contributed by atoms with Gasteiger partial charge in [-0.1, -0.05) is 53.4 Å². The zero-order chi connectivity index (χ0) is 37.0. The van der Waals surface area contributed by atoms with Gasteiger partial charge in [0.25, 0.3) is 0 Å². The van der Waals surface area contributed by atoms with Crippen LogP contribution in [-0.4, -0.2) is 95.6 Å². The van der Waals surface area contributed by atoms with Gasteiger partial charge in [0.05, 0.1) is 57.7 Å². The number of carboxylic acid groups (broad SMARTS) is 1. The number of nitrogens with zero attached hydrogens (tertiary/aromatic N) is 1. The summed E-state index contributed by atoms with van der Waals surface area (Å²) in [4.78, 5) is 25.5. The van der Waals surface area contributed by atoms with Gasteiger partial charge in [-0.15, -0.1) is 6.42 Å². The molecule has 2 N–H and O–H groups in total. The number of rotatable bonds is 19. The van der Waals surface area contributed by atoms with Gasteiger partial charge in [-0.25, -0.2) is 13.2 Å². The van der Waals surface area contributed by atoms with Crippen molar-refractivity contribution in [3.63, 3.8) is 0 Å². The van der Waals surface area contributed by atoms with Gasteiger partial charge in [0.15, 0.2) is 0 Å². The number of amides is 1. The van der Waals surface area contributed by atoms with E-state index in [0.717, 1.165) is 15.4 Å². The first kappa shape index (κ1) is 39.9. The first-order valence-corrected chi connectivity index (χ1v) is 18.2. The molecule has 2 atom stereocenters. The largest absolute Gasteiger partial charge is 0.496 e. The summed E-state index contributed by atoms with van der Waals surface area (Å²) in [5.41, 5.74) is 2.90. The third-order valence-electron chi connectivity index (χ3n) is 8.01. The Hall–Kier alpha value is -3.87. The minimum absolute atomic E-state index is 0.0447. The SMILES string of the molecule is C#CCOCCOCCOCc1cc(OC)c(-c2ccc(C[C@H](NC(=O)[C@@H]3CCCN3S(=O)(=O)c3cc(Cl)cc(Cl)c3)C(=O)O)cc2)c(OC)c1. The van der Waals surface area contributed by atoms with E-state index in [4.69, 9.17) is 53.3 Å². The summed E-state index contributed by atoms with van der Waals surface area (Å²) in [6, 6.07) is 12.3. The zero-order valence-electron chi connectivity index (χ0n) is 28.2. The molecular formula is C36H40Cl2N2O10S. The molecule has 1 saturated heterocycles. The number of hydrogen-bond acceptors (Lipinski definition) is 9. The number of carbonyl (C=O) groups excluding carboxylic acids is 1. The lowest BCUT2D eigenvalue weighted by Crippen LogP contribution is -2.51. The van der Waals surface area contributed by atoms with E-state index in [9.17, 15) is 23.1 Å². The maximum absolute atomic E-state index is 13.4. The summed E-state index contributed by atoms with van der Waals surface area (Å²) in [5.74, 6) is 1.53. The lowest BCUT2D eigenvalue weighted by atomic mass is 9.98. The predicted octanol–water partition coefficient (Wildman–Crippen LogP) is 4.83. The third kappa shape index (κ3) is 10.8. The van der Waals surface area contributed by atoms with Crippen molar-refractivity contribution < 1.29 is 46.8 Å². The van der Waals surface area contributed by atoms with Crippen molar-refractivity contribution >= 4 is 45.1 Å². The van der Waals surface area contributed by atoms with E-state index in [1.807, 2.05) is 12.1 Å². The van der Waals surface area contributed by atoms with Crippen LogP contribution in [0.3, 0.4) is 0 Å². The van der Waals surface area contributed by atoms with Crippen molar-refractivity contribution in [2.45, 2.75) is 42.8 Å². The van der Waals surface area contributed by atoms with Gasteiger partial charge in [-0.05, 0) is 59.9 Å². The normalized spacial score (nSPS) is 15.2. The highest BCUT2D eigenvalue weighted by Gasteiger charge is 2.40. The van der Waals surface area contributed by atoms with Crippen LogP contribution in [0.2, 0.25) is 10.0 Å². The van der Waals surface area contributed by atoms with Crippen molar-refractivity contribution in [1.82, 2.24) is 9.62 Å². The Kier molecular flexibility index (Phi) is 14.9. The van der Waals surface area contributed by atoms with Crippen LogP contribution in [0.4, 0.5) is 0 Å². The molecule has 1 aliphatic rings. The average Bonchev–Trinajstić information content (AvgIpc) is 3.62. The summed E-state index contributed by atoms with van der Waals surface area (Å²) in [6.45, 7) is 2.22. The minimum Gasteiger partial charge on any atom is -0.496 e. The Balaban J connectivity index is 1.40. The molecule has 1 aliphatic heterocycles. The number of ether oxygens (including phenoxy) is 5. The quantitative estimate of drug-likeness (QED) is 0.129. The highest BCUT2D eigenvalue weighted by molar-refractivity contribution is 7.89.